The van der Waals surface area contributed by atoms with Gasteiger partial charge in [0.2, 0.25) is 11.8 Å². The van der Waals surface area contributed by atoms with Crippen LogP contribution in [0.1, 0.15) is 41.6 Å². The molecule has 0 radical (unpaired) electrons. The molecule has 0 spiro atoms. The number of benzene rings is 2. The Bertz CT molecular complexity index is 1240. The third-order valence-corrected chi connectivity index (χ3v) is 7.02. The predicted molar refractivity (Wildman–Crippen MR) is 120 cm³/mol. The van der Waals surface area contributed by atoms with Crippen molar-refractivity contribution >= 4 is 50.6 Å². The summed E-state index contributed by atoms with van der Waals surface area (Å²) in [5.41, 5.74) is 2.03. The Hall–Kier alpha value is -3.26. The Morgan fingerprint density at radius 3 is 2.87 bits per heavy atom. The summed E-state index contributed by atoms with van der Waals surface area (Å²) in [7, 11) is 0. The minimum Gasteiger partial charge on any atom is -0.326 e. The van der Waals surface area contributed by atoms with Gasteiger partial charge in [-0.2, -0.15) is 0 Å². The second kappa shape index (κ2) is 7.16. The molecule has 0 bridgehead atoms. The van der Waals surface area contributed by atoms with E-state index in [-0.39, 0.29) is 30.7 Å². The molecule has 5 rings (SSSR count). The van der Waals surface area contributed by atoms with Crippen LogP contribution in [0.4, 0.5) is 11.4 Å². The fraction of sp³-hybridized carbons (Fsp3) is 0.304. The zero-order valence-corrected chi connectivity index (χ0v) is 18.2. The first kappa shape index (κ1) is 19.7. The second-order valence-corrected chi connectivity index (χ2v) is 9.37. The van der Waals surface area contributed by atoms with Crippen LogP contribution in [0, 0.1) is 6.92 Å². The molecule has 3 aromatic rings. The van der Waals surface area contributed by atoms with Crippen molar-refractivity contribution in [3.63, 3.8) is 0 Å². The molecule has 2 aliphatic heterocycles. The van der Waals surface area contributed by atoms with E-state index in [0.29, 0.717) is 29.8 Å². The van der Waals surface area contributed by atoms with E-state index in [1.807, 2.05) is 44.2 Å². The van der Waals surface area contributed by atoms with Crippen LogP contribution in [0.15, 0.2) is 42.5 Å². The van der Waals surface area contributed by atoms with Crippen molar-refractivity contribution in [1.29, 1.82) is 0 Å². The molecule has 3 amide bonds. The molecule has 3 heterocycles. The van der Waals surface area contributed by atoms with Gasteiger partial charge in [0.1, 0.15) is 5.66 Å². The molecule has 1 N–H and O–H groups in total. The monoisotopic (exact) mass is 434 g/mol. The number of nitrogens with zero attached hydrogens (tertiary/aromatic N) is 3. The third-order valence-electron chi connectivity index (χ3n) is 6.09. The van der Waals surface area contributed by atoms with Crippen LogP contribution in [0.5, 0.6) is 0 Å². The van der Waals surface area contributed by atoms with Gasteiger partial charge in [-0.1, -0.05) is 12.1 Å². The van der Waals surface area contributed by atoms with E-state index in [0.717, 1.165) is 15.2 Å². The molecule has 0 saturated carbocycles. The highest BCUT2D eigenvalue weighted by Crippen LogP contribution is 2.44. The summed E-state index contributed by atoms with van der Waals surface area (Å²) in [4.78, 5) is 46.4. The van der Waals surface area contributed by atoms with E-state index >= 15 is 0 Å². The molecule has 7 nitrogen and oxygen atoms in total. The van der Waals surface area contributed by atoms with E-state index in [4.69, 9.17) is 0 Å². The van der Waals surface area contributed by atoms with E-state index in [1.54, 1.807) is 33.3 Å². The lowest BCUT2D eigenvalue weighted by atomic mass is 9.98. The Kier molecular flexibility index (Phi) is 4.55. The van der Waals surface area contributed by atoms with Crippen LogP contribution in [0.3, 0.4) is 0 Å². The third kappa shape index (κ3) is 3.18. The number of aryl methyl sites for hydroxylation is 1. The Morgan fingerprint density at radius 1 is 1.23 bits per heavy atom. The fourth-order valence-corrected chi connectivity index (χ4v) is 5.46. The van der Waals surface area contributed by atoms with Crippen LogP contribution < -0.4 is 10.2 Å². The molecule has 1 atom stereocenters. The lowest BCUT2D eigenvalue weighted by Crippen LogP contribution is -2.62. The first-order valence-electron chi connectivity index (χ1n) is 10.3. The molecule has 0 aliphatic carbocycles. The van der Waals surface area contributed by atoms with Crippen LogP contribution >= 0.6 is 11.3 Å². The first-order valence-corrected chi connectivity index (χ1v) is 11.1. The molecule has 2 aliphatic rings. The molecule has 8 heteroatoms. The van der Waals surface area contributed by atoms with Crippen molar-refractivity contribution in [2.45, 2.75) is 38.8 Å². The molecular formula is C23H22N4O3S. The highest BCUT2D eigenvalue weighted by atomic mass is 32.1. The van der Waals surface area contributed by atoms with Gasteiger partial charge >= 0.3 is 0 Å². The average Bonchev–Trinajstić information content (AvgIpc) is 3.26. The molecule has 2 aromatic carbocycles. The lowest BCUT2D eigenvalue weighted by Gasteiger charge is -2.48. The van der Waals surface area contributed by atoms with E-state index in [2.05, 4.69) is 10.3 Å². The van der Waals surface area contributed by atoms with E-state index in [9.17, 15) is 14.4 Å². The van der Waals surface area contributed by atoms with Crippen molar-refractivity contribution < 1.29 is 14.4 Å². The molecule has 1 saturated heterocycles. The van der Waals surface area contributed by atoms with Gasteiger partial charge < -0.3 is 10.2 Å². The standard InChI is InChI=1S/C23H22N4O3S/c1-14-24-17-8-7-15(13-19(17)31-14)25-20(28)10-12-26-22(30)16-5-3-4-6-18(16)27-21(29)9-11-23(26,27)2/h3-8,13H,9-12H2,1-2H3,(H,25,28)/t23-/m0/s1. The molecule has 158 valence electrons. The summed E-state index contributed by atoms with van der Waals surface area (Å²) < 4.78 is 1.02. The number of nitrogens with one attached hydrogen (secondary N) is 1. The number of fused-ring (bicyclic) bond motifs is 4. The van der Waals surface area contributed by atoms with Gasteiger partial charge in [0.15, 0.2) is 0 Å². The van der Waals surface area contributed by atoms with Crippen molar-refractivity contribution in [2.75, 3.05) is 16.8 Å². The van der Waals surface area contributed by atoms with Crippen molar-refractivity contribution in [1.82, 2.24) is 9.88 Å². The van der Waals surface area contributed by atoms with Gasteiger partial charge in [0.25, 0.3) is 5.91 Å². The maximum atomic E-state index is 13.2. The van der Waals surface area contributed by atoms with Gasteiger partial charge in [-0.05, 0) is 50.6 Å². The lowest BCUT2D eigenvalue weighted by molar-refractivity contribution is -0.117. The summed E-state index contributed by atoms with van der Waals surface area (Å²) in [6.07, 6.45) is 1.08. The number of aromatic nitrogens is 1. The number of anilines is 2. The smallest absolute Gasteiger partial charge is 0.257 e. The molecule has 31 heavy (non-hydrogen) atoms. The summed E-state index contributed by atoms with van der Waals surface area (Å²) in [6, 6.07) is 12.8. The van der Waals surface area contributed by atoms with Gasteiger partial charge in [0, 0.05) is 25.1 Å². The summed E-state index contributed by atoms with van der Waals surface area (Å²) >= 11 is 1.58. The Morgan fingerprint density at radius 2 is 2.03 bits per heavy atom. The van der Waals surface area contributed by atoms with Crippen LogP contribution in [-0.2, 0) is 9.59 Å². The zero-order chi connectivity index (χ0) is 21.8. The number of carbonyl (C=O) groups excluding carboxylic acids is 3. The number of carbonyl (C=O) groups is 3. The first-order chi connectivity index (χ1) is 14.9. The molecule has 0 unspecified atom stereocenters. The topological polar surface area (TPSA) is 82.6 Å². The number of hydrogen-bond donors (Lipinski definition) is 1. The summed E-state index contributed by atoms with van der Waals surface area (Å²) in [5, 5.41) is 3.90. The highest BCUT2D eigenvalue weighted by Gasteiger charge is 2.52. The number of hydrogen-bond acceptors (Lipinski definition) is 5. The number of thiazole rings is 1. The van der Waals surface area contributed by atoms with Crippen molar-refractivity contribution in [2.24, 2.45) is 0 Å². The maximum Gasteiger partial charge on any atom is 0.257 e. The Labute approximate surface area is 183 Å². The van der Waals surface area contributed by atoms with Crippen LogP contribution in [0.25, 0.3) is 10.2 Å². The van der Waals surface area contributed by atoms with Crippen LogP contribution in [-0.4, -0.2) is 39.8 Å². The van der Waals surface area contributed by atoms with Gasteiger partial charge in [0.05, 0.1) is 26.5 Å². The molecule has 1 fully saturated rings. The fourth-order valence-electron chi connectivity index (χ4n) is 4.60. The average molecular weight is 435 g/mol. The van der Waals surface area contributed by atoms with E-state index < -0.39 is 5.66 Å². The minimum atomic E-state index is -0.748. The number of amides is 3. The second-order valence-electron chi connectivity index (χ2n) is 8.13. The number of para-hydroxylation sites is 1. The largest absolute Gasteiger partial charge is 0.326 e. The normalized spacial score (nSPS) is 20.2. The zero-order valence-electron chi connectivity index (χ0n) is 17.3. The van der Waals surface area contributed by atoms with Gasteiger partial charge in [-0.3, -0.25) is 19.3 Å². The molecular weight excluding hydrogens is 412 g/mol. The maximum absolute atomic E-state index is 13.2. The van der Waals surface area contributed by atoms with Gasteiger partial charge in [-0.15, -0.1) is 11.3 Å². The van der Waals surface area contributed by atoms with E-state index in [1.165, 1.54) is 0 Å². The quantitative estimate of drug-likeness (QED) is 0.674. The highest BCUT2D eigenvalue weighted by molar-refractivity contribution is 7.18. The summed E-state index contributed by atoms with van der Waals surface area (Å²) in [5.74, 6) is -0.310. The summed E-state index contributed by atoms with van der Waals surface area (Å²) in [6.45, 7) is 4.10. The Balaban J connectivity index is 1.34. The predicted octanol–water partition coefficient (Wildman–Crippen LogP) is 3.93. The van der Waals surface area contributed by atoms with Crippen LogP contribution in [0.2, 0.25) is 0 Å². The molecule has 1 aromatic heterocycles. The van der Waals surface area contributed by atoms with Crippen molar-refractivity contribution in [3.05, 3.63) is 53.0 Å². The number of rotatable bonds is 4. The van der Waals surface area contributed by atoms with Gasteiger partial charge in [-0.25, -0.2) is 4.98 Å². The minimum absolute atomic E-state index is 0.00468. The van der Waals surface area contributed by atoms with Crippen molar-refractivity contribution in [3.8, 4) is 0 Å². The SMILES string of the molecule is Cc1nc2ccc(NC(=O)CCN3C(=O)c4ccccc4N4C(=O)CC[C@@]34C)cc2s1.